The number of nitrogens with zero attached hydrogens (tertiary/aromatic N) is 3. The Hall–Kier alpha value is -2.58. The van der Waals surface area contributed by atoms with Gasteiger partial charge < -0.3 is 5.32 Å². The van der Waals surface area contributed by atoms with Crippen LogP contribution in [0.1, 0.15) is 15.9 Å². The number of carbonyl (C=O) groups is 1. The van der Waals surface area contributed by atoms with Crippen LogP contribution in [-0.2, 0) is 6.18 Å². The van der Waals surface area contributed by atoms with E-state index in [1.54, 1.807) is 0 Å². The molecule has 0 saturated heterocycles. The van der Waals surface area contributed by atoms with Crippen LogP contribution >= 0.6 is 23.2 Å². The fourth-order valence-electron chi connectivity index (χ4n) is 2.21. The zero-order chi connectivity index (χ0) is 18.9. The summed E-state index contributed by atoms with van der Waals surface area (Å²) in [6.45, 7) is 0. The van der Waals surface area contributed by atoms with Gasteiger partial charge in [0.1, 0.15) is 12.7 Å². The van der Waals surface area contributed by atoms with Crippen molar-refractivity contribution in [1.29, 1.82) is 0 Å². The van der Waals surface area contributed by atoms with Gasteiger partial charge in [-0.2, -0.15) is 18.3 Å². The monoisotopic (exact) mass is 400 g/mol. The van der Waals surface area contributed by atoms with E-state index in [1.807, 2.05) is 0 Å². The number of benzene rings is 2. The highest BCUT2D eigenvalue weighted by Gasteiger charge is 2.31. The van der Waals surface area contributed by atoms with Crippen LogP contribution in [0.3, 0.4) is 0 Å². The van der Waals surface area contributed by atoms with E-state index in [9.17, 15) is 18.0 Å². The van der Waals surface area contributed by atoms with Crippen LogP contribution in [0.2, 0.25) is 10.0 Å². The SMILES string of the molecule is O=C(Nc1cc(C(F)(F)F)ccc1-n1cncn1)c1cccc(Cl)c1Cl. The number of carbonyl (C=O) groups excluding carboxylic acids is 1. The molecular formula is C16H9Cl2F3N4O. The molecule has 0 aliphatic heterocycles. The molecule has 0 fully saturated rings. The second kappa shape index (κ2) is 6.97. The molecule has 0 saturated carbocycles. The topological polar surface area (TPSA) is 59.8 Å². The van der Waals surface area contributed by atoms with Gasteiger partial charge in [-0.1, -0.05) is 29.3 Å². The fraction of sp³-hybridized carbons (Fsp3) is 0.0625. The van der Waals surface area contributed by atoms with E-state index < -0.39 is 17.6 Å². The molecule has 5 nitrogen and oxygen atoms in total. The molecule has 10 heteroatoms. The summed E-state index contributed by atoms with van der Waals surface area (Å²) >= 11 is 11.9. The number of anilines is 1. The Kier molecular flexibility index (Phi) is 4.88. The molecule has 3 aromatic rings. The van der Waals surface area contributed by atoms with E-state index >= 15 is 0 Å². The molecule has 134 valence electrons. The number of rotatable bonds is 3. The molecule has 0 spiro atoms. The Bertz CT molecular complexity index is 959. The zero-order valence-electron chi connectivity index (χ0n) is 12.8. The molecule has 0 atom stereocenters. The van der Waals surface area contributed by atoms with E-state index in [1.165, 1.54) is 41.6 Å². The number of alkyl halides is 3. The third-order valence-corrected chi connectivity index (χ3v) is 4.25. The van der Waals surface area contributed by atoms with E-state index in [2.05, 4.69) is 15.4 Å². The minimum Gasteiger partial charge on any atom is -0.320 e. The number of halogens is 5. The van der Waals surface area contributed by atoms with Crippen LogP contribution in [-0.4, -0.2) is 20.7 Å². The Morgan fingerprint density at radius 1 is 1.15 bits per heavy atom. The zero-order valence-corrected chi connectivity index (χ0v) is 14.3. The van der Waals surface area contributed by atoms with Gasteiger partial charge in [0.25, 0.3) is 5.91 Å². The molecule has 0 bridgehead atoms. The van der Waals surface area contributed by atoms with Crippen LogP contribution < -0.4 is 5.32 Å². The van der Waals surface area contributed by atoms with Crippen molar-refractivity contribution in [3.05, 3.63) is 70.2 Å². The Morgan fingerprint density at radius 3 is 2.58 bits per heavy atom. The molecular weight excluding hydrogens is 392 g/mol. The number of hydrogen-bond donors (Lipinski definition) is 1. The second-order valence-electron chi connectivity index (χ2n) is 5.13. The summed E-state index contributed by atoms with van der Waals surface area (Å²) in [7, 11) is 0. The van der Waals surface area contributed by atoms with Gasteiger partial charge in [-0.15, -0.1) is 0 Å². The Morgan fingerprint density at radius 2 is 1.92 bits per heavy atom. The lowest BCUT2D eigenvalue weighted by Gasteiger charge is -2.15. The van der Waals surface area contributed by atoms with Crippen molar-refractivity contribution in [2.75, 3.05) is 5.32 Å². The highest BCUT2D eigenvalue weighted by molar-refractivity contribution is 6.44. The van der Waals surface area contributed by atoms with Gasteiger partial charge in [0.05, 0.1) is 32.5 Å². The van der Waals surface area contributed by atoms with Gasteiger partial charge in [0.2, 0.25) is 0 Å². The highest BCUT2D eigenvalue weighted by atomic mass is 35.5. The van der Waals surface area contributed by atoms with Crippen molar-refractivity contribution >= 4 is 34.8 Å². The molecule has 1 N–H and O–H groups in total. The van der Waals surface area contributed by atoms with Crippen molar-refractivity contribution in [1.82, 2.24) is 14.8 Å². The maximum Gasteiger partial charge on any atom is 0.416 e. The largest absolute Gasteiger partial charge is 0.416 e. The molecule has 26 heavy (non-hydrogen) atoms. The summed E-state index contributed by atoms with van der Waals surface area (Å²) in [4.78, 5) is 16.2. The lowest BCUT2D eigenvalue weighted by atomic mass is 10.1. The third-order valence-electron chi connectivity index (χ3n) is 3.43. The fourth-order valence-corrected chi connectivity index (χ4v) is 2.60. The van der Waals surface area contributed by atoms with E-state index in [4.69, 9.17) is 23.2 Å². The van der Waals surface area contributed by atoms with Gasteiger partial charge in [-0.05, 0) is 30.3 Å². The molecule has 0 radical (unpaired) electrons. The van der Waals surface area contributed by atoms with Crippen LogP contribution in [0.4, 0.5) is 18.9 Å². The predicted octanol–water partition coefficient (Wildman–Crippen LogP) is 4.85. The van der Waals surface area contributed by atoms with Crippen LogP contribution in [0, 0.1) is 0 Å². The van der Waals surface area contributed by atoms with Gasteiger partial charge in [-0.25, -0.2) is 9.67 Å². The summed E-state index contributed by atoms with van der Waals surface area (Å²) in [6.07, 6.45) is -2.06. The summed E-state index contributed by atoms with van der Waals surface area (Å²) in [5.74, 6) is -0.710. The van der Waals surface area contributed by atoms with E-state index in [-0.39, 0.29) is 27.0 Å². The molecule has 1 amide bonds. The van der Waals surface area contributed by atoms with Gasteiger partial charge in [0.15, 0.2) is 0 Å². The average molecular weight is 401 g/mol. The first-order valence-electron chi connectivity index (χ1n) is 7.09. The minimum absolute atomic E-state index is 0.000878. The maximum atomic E-state index is 13.0. The second-order valence-corrected chi connectivity index (χ2v) is 5.91. The lowest BCUT2D eigenvalue weighted by molar-refractivity contribution is -0.137. The average Bonchev–Trinajstić information content (AvgIpc) is 3.10. The lowest BCUT2D eigenvalue weighted by Crippen LogP contribution is -2.16. The summed E-state index contributed by atoms with van der Waals surface area (Å²) < 4.78 is 40.3. The summed E-state index contributed by atoms with van der Waals surface area (Å²) in [5, 5.41) is 6.46. The molecule has 0 aliphatic rings. The summed E-state index contributed by atoms with van der Waals surface area (Å²) in [5.41, 5.74) is -0.789. The first-order valence-corrected chi connectivity index (χ1v) is 7.84. The van der Waals surface area contributed by atoms with Crippen molar-refractivity contribution in [2.45, 2.75) is 6.18 Å². The van der Waals surface area contributed by atoms with Crippen molar-refractivity contribution in [2.24, 2.45) is 0 Å². The third kappa shape index (κ3) is 3.66. The molecule has 3 rings (SSSR count). The quantitative estimate of drug-likeness (QED) is 0.683. The first-order chi connectivity index (χ1) is 12.3. The van der Waals surface area contributed by atoms with Gasteiger partial charge >= 0.3 is 6.18 Å². The molecule has 2 aromatic carbocycles. The predicted molar refractivity (Wildman–Crippen MR) is 90.8 cm³/mol. The van der Waals surface area contributed by atoms with E-state index in [0.29, 0.717) is 0 Å². The van der Waals surface area contributed by atoms with Crippen molar-refractivity contribution < 1.29 is 18.0 Å². The first kappa shape index (κ1) is 18.2. The molecule has 0 aliphatic carbocycles. The van der Waals surface area contributed by atoms with Crippen LogP contribution in [0.15, 0.2) is 49.1 Å². The number of aromatic nitrogens is 3. The van der Waals surface area contributed by atoms with Gasteiger partial charge in [0, 0.05) is 0 Å². The van der Waals surface area contributed by atoms with Crippen molar-refractivity contribution in [3.8, 4) is 5.69 Å². The number of hydrogen-bond acceptors (Lipinski definition) is 3. The highest BCUT2D eigenvalue weighted by Crippen LogP contribution is 2.34. The van der Waals surface area contributed by atoms with Crippen molar-refractivity contribution in [3.63, 3.8) is 0 Å². The number of nitrogens with one attached hydrogen (secondary N) is 1. The summed E-state index contributed by atoms with van der Waals surface area (Å²) in [6, 6.07) is 7.30. The molecule has 1 heterocycles. The Balaban J connectivity index is 2.04. The normalized spacial score (nSPS) is 11.4. The standard InChI is InChI=1S/C16H9Cl2F3N4O/c17-11-3-1-2-10(14(11)18)15(26)24-12-6-9(16(19,20)21)4-5-13(12)25-8-22-7-23-25/h1-8H,(H,24,26). The van der Waals surface area contributed by atoms with Gasteiger partial charge in [-0.3, -0.25) is 4.79 Å². The minimum atomic E-state index is -4.58. The van der Waals surface area contributed by atoms with E-state index in [0.717, 1.165) is 12.1 Å². The van der Waals surface area contributed by atoms with Crippen LogP contribution in [0.25, 0.3) is 5.69 Å². The van der Waals surface area contributed by atoms with Crippen LogP contribution in [0.5, 0.6) is 0 Å². The Labute approximate surface area is 155 Å². The molecule has 1 aromatic heterocycles. The number of amides is 1. The maximum absolute atomic E-state index is 13.0. The molecule has 0 unspecified atom stereocenters. The smallest absolute Gasteiger partial charge is 0.320 e.